The molecule has 2 aromatic rings. The largest absolute Gasteiger partial charge is 0.457 e. The van der Waals surface area contributed by atoms with Crippen molar-refractivity contribution in [1.29, 1.82) is 0 Å². The number of piperidine rings is 1. The molecule has 1 heterocycles. The number of carbonyl (C=O) groups is 1. The number of benzene rings is 2. The molecule has 6 heteroatoms. The molecule has 6 nitrogen and oxygen atoms in total. The van der Waals surface area contributed by atoms with Crippen LogP contribution in [0.15, 0.2) is 54.6 Å². The van der Waals surface area contributed by atoms with Crippen LogP contribution in [0.2, 0.25) is 0 Å². The van der Waals surface area contributed by atoms with Crippen LogP contribution in [0.5, 0.6) is 11.5 Å². The van der Waals surface area contributed by atoms with Crippen molar-refractivity contribution in [2.24, 2.45) is 0 Å². The Bertz CT molecular complexity index is 728. The van der Waals surface area contributed by atoms with Gasteiger partial charge in [-0.3, -0.25) is 0 Å². The van der Waals surface area contributed by atoms with Crippen LogP contribution >= 0.6 is 0 Å². The average Bonchev–Trinajstić information content (AvgIpc) is 2.72. The summed E-state index contributed by atoms with van der Waals surface area (Å²) in [7, 11) is 3.78. The first-order chi connectivity index (χ1) is 13.7. The van der Waals surface area contributed by atoms with Crippen molar-refractivity contribution in [2.45, 2.75) is 18.9 Å². The highest BCUT2D eigenvalue weighted by atomic mass is 16.5. The Morgan fingerprint density at radius 3 is 2.36 bits per heavy atom. The lowest BCUT2D eigenvalue weighted by Gasteiger charge is -2.37. The van der Waals surface area contributed by atoms with Crippen molar-refractivity contribution in [3.8, 4) is 11.5 Å². The predicted molar refractivity (Wildman–Crippen MR) is 111 cm³/mol. The van der Waals surface area contributed by atoms with E-state index in [4.69, 9.17) is 9.47 Å². The van der Waals surface area contributed by atoms with Crippen LogP contribution in [0.1, 0.15) is 12.8 Å². The molecule has 1 saturated heterocycles. The lowest BCUT2D eigenvalue weighted by molar-refractivity contribution is 0.108. The van der Waals surface area contributed by atoms with Crippen LogP contribution < -0.4 is 10.1 Å². The van der Waals surface area contributed by atoms with Crippen molar-refractivity contribution in [3.05, 3.63) is 54.6 Å². The van der Waals surface area contributed by atoms with Crippen LogP contribution in [0, 0.1) is 0 Å². The molecule has 150 valence electrons. The molecular formula is C22H29N3O3. The number of amides is 2. The summed E-state index contributed by atoms with van der Waals surface area (Å²) in [6, 6.07) is 17.2. The minimum absolute atomic E-state index is 0.0802. The van der Waals surface area contributed by atoms with E-state index in [1.54, 1.807) is 7.11 Å². The van der Waals surface area contributed by atoms with Gasteiger partial charge in [-0.2, -0.15) is 0 Å². The van der Waals surface area contributed by atoms with Gasteiger partial charge in [0.15, 0.2) is 0 Å². The number of para-hydroxylation sites is 1. The molecule has 2 amide bonds. The van der Waals surface area contributed by atoms with Crippen molar-refractivity contribution >= 4 is 11.7 Å². The highest BCUT2D eigenvalue weighted by molar-refractivity contribution is 5.89. The molecule has 1 N–H and O–H groups in total. The number of nitrogens with one attached hydrogen (secondary N) is 1. The summed E-state index contributed by atoms with van der Waals surface area (Å²) in [4.78, 5) is 17.1. The van der Waals surface area contributed by atoms with Gasteiger partial charge in [0, 0.05) is 25.4 Å². The van der Waals surface area contributed by atoms with E-state index in [-0.39, 0.29) is 12.1 Å². The number of nitrogens with zero attached hydrogens (tertiary/aromatic N) is 2. The number of hydrogen-bond acceptors (Lipinski definition) is 4. The van der Waals surface area contributed by atoms with Crippen molar-refractivity contribution in [1.82, 2.24) is 9.80 Å². The van der Waals surface area contributed by atoms with Crippen molar-refractivity contribution < 1.29 is 14.3 Å². The number of likely N-dealkylation sites (tertiary alicyclic amines) is 1. The van der Waals surface area contributed by atoms with Crippen molar-refractivity contribution in [3.63, 3.8) is 0 Å². The quantitative estimate of drug-likeness (QED) is 0.784. The van der Waals surface area contributed by atoms with Gasteiger partial charge in [-0.05, 0) is 69.4 Å². The minimum Gasteiger partial charge on any atom is -0.457 e. The second-order valence-corrected chi connectivity index (χ2v) is 7.09. The summed E-state index contributed by atoms with van der Waals surface area (Å²) in [5.74, 6) is 1.52. The number of carbonyl (C=O) groups excluding carboxylic acids is 1. The maximum Gasteiger partial charge on any atom is 0.322 e. The molecule has 0 spiro atoms. The zero-order chi connectivity index (χ0) is 19.8. The van der Waals surface area contributed by atoms with Gasteiger partial charge in [-0.15, -0.1) is 0 Å². The number of ether oxygens (including phenoxy) is 2. The number of methoxy groups -OCH3 is 1. The molecular weight excluding hydrogens is 354 g/mol. The molecule has 0 atom stereocenters. The van der Waals surface area contributed by atoms with Gasteiger partial charge in [0.1, 0.15) is 11.5 Å². The first-order valence-corrected chi connectivity index (χ1v) is 9.74. The Hall–Kier alpha value is -2.57. The summed E-state index contributed by atoms with van der Waals surface area (Å²) in [5, 5.41) is 3.01. The Morgan fingerprint density at radius 2 is 1.71 bits per heavy atom. The van der Waals surface area contributed by atoms with Gasteiger partial charge >= 0.3 is 6.03 Å². The van der Waals surface area contributed by atoms with E-state index < -0.39 is 0 Å². The standard InChI is InChI=1S/C22H29N3O3/c1-24-14-12-19(13-15-24)25(16-17-27-2)22(26)23-18-8-10-21(11-9-18)28-20-6-4-3-5-7-20/h3-11,19H,12-17H2,1-2H3,(H,23,26). The van der Waals surface area contributed by atoms with Crippen LogP contribution in [-0.2, 0) is 4.74 Å². The summed E-state index contributed by atoms with van der Waals surface area (Å²) in [6.07, 6.45) is 1.97. The summed E-state index contributed by atoms with van der Waals surface area (Å²) in [5.41, 5.74) is 0.751. The molecule has 0 aliphatic carbocycles. The molecule has 0 aromatic heterocycles. The number of urea groups is 1. The lowest BCUT2D eigenvalue weighted by atomic mass is 10.0. The van der Waals surface area contributed by atoms with Gasteiger partial charge in [0.05, 0.1) is 6.61 Å². The second kappa shape index (κ2) is 10.1. The number of rotatable bonds is 7. The molecule has 1 aliphatic rings. The first-order valence-electron chi connectivity index (χ1n) is 9.74. The molecule has 3 rings (SSSR count). The third-order valence-electron chi connectivity index (χ3n) is 5.01. The Labute approximate surface area is 167 Å². The third kappa shape index (κ3) is 5.71. The normalized spacial score (nSPS) is 15.2. The zero-order valence-corrected chi connectivity index (χ0v) is 16.6. The van der Waals surface area contributed by atoms with Gasteiger partial charge in [0.2, 0.25) is 0 Å². The Kier molecular flexibility index (Phi) is 7.28. The molecule has 28 heavy (non-hydrogen) atoms. The van der Waals surface area contributed by atoms with Gasteiger partial charge in [-0.1, -0.05) is 18.2 Å². The molecule has 1 aliphatic heterocycles. The predicted octanol–water partition coefficient (Wildman–Crippen LogP) is 4.05. The van der Waals surface area contributed by atoms with E-state index >= 15 is 0 Å². The average molecular weight is 383 g/mol. The zero-order valence-electron chi connectivity index (χ0n) is 16.6. The first kappa shape index (κ1) is 20.2. The lowest BCUT2D eigenvalue weighted by Crippen LogP contribution is -2.49. The summed E-state index contributed by atoms with van der Waals surface area (Å²) < 4.78 is 11.0. The molecule has 0 unspecified atom stereocenters. The number of hydrogen-bond donors (Lipinski definition) is 1. The summed E-state index contributed by atoms with van der Waals surface area (Å²) >= 11 is 0. The van der Waals surface area contributed by atoms with E-state index in [1.165, 1.54) is 0 Å². The van der Waals surface area contributed by atoms with Crippen LogP contribution in [-0.4, -0.2) is 62.3 Å². The van der Waals surface area contributed by atoms with Gasteiger partial charge < -0.3 is 24.6 Å². The van der Waals surface area contributed by atoms with Crippen LogP contribution in [0.25, 0.3) is 0 Å². The van der Waals surface area contributed by atoms with Crippen LogP contribution in [0.3, 0.4) is 0 Å². The van der Waals surface area contributed by atoms with E-state index in [0.717, 1.165) is 43.1 Å². The van der Waals surface area contributed by atoms with Crippen LogP contribution in [0.4, 0.5) is 10.5 Å². The number of anilines is 1. The molecule has 2 aromatic carbocycles. The van der Waals surface area contributed by atoms with Gasteiger partial charge in [-0.25, -0.2) is 4.79 Å². The monoisotopic (exact) mass is 383 g/mol. The maximum atomic E-state index is 12.9. The fourth-order valence-electron chi connectivity index (χ4n) is 3.37. The fourth-order valence-corrected chi connectivity index (χ4v) is 3.37. The molecule has 0 saturated carbocycles. The SMILES string of the molecule is COCCN(C(=O)Nc1ccc(Oc2ccccc2)cc1)C1CCN(C)CC1. The summed E-state index contributed by atoms with van der Waals surface area (Å²) in [6.45, 7) is 3.13. The molecule has 0 radical (unpaired) electrons. The van der Waals surface area contributed by atoms with E-state index in [0.29, 0.717) is 13.2 Å². The third-order valence-corrected chi connectivity index (χ3v) is 5.01. The second-order valence-electron chi connectivity index (χ2n) is 7.09. The highest BCUT2D eigenvalue weighted by Crippen LogP contribution is 2.23. The fraction of sp³-hybridized carbons (Fsp3) is 0.409. The molecule has 1 fully saturated rings. The maximum absolute atomic E-state index is 12.9. The Morgan fingerprint density at radius 1 is 1.07 bits per heavy atom. The molecule has 0 bridgehead atoms. The van der Waals surface area contributed by atoms with E-state index in [1.807, 2.05) is 59.5 Å². The topological polar surface area (TPSA) is 54.0 Å². The van der Waals surface area contributed by atoms with E-state index in [2.05, 4.69) is 17.3 Å². The Balaban J connectivity index is 1.60. The van der Waals surface area contributed by atoms with E-state index in [9.17, 15) is 4.79 Å². The van der Waals surface area contributed by atoms with Gasteiger partial charge in [0.25, 0.3) is 0 Å². The van der Waals surface area contributed by atoms with Crippen molar-refractivity contribution in [2.75, 3.05) is 45.7 Å². The highest BCUT2D eigenvalue weighted by Gasteiger charge is 2.26. The smallest absolute Gasteiger partial charge is 0.322 e. The minimum atomic E-state index is -0.0802.